The molecule has 8 nitrogen and oxygen atoms in total. The fourth-order valence-electron chi connectivity index (χ4n) is 4.00. The number of carbonyl (C=O) groups excluding carboxylic acids is 2. The molecule has 2 aliphatic rings. The number of aliphatic hydroxyl groups excluding tert-OH is 1. The Labute approximate surface area is 168 Å². The maximum Gasteiger partial charge on any atom is 0.352 e. The van der Waals surface area contributed by atoms with E-state index in [-0.39, 0.29) is 29.2 Å². The average Bonchev–Trinajstić information content (AvgIpc) is 2.89. The van der Waals surface area contributed by atoms with Gasteiger partial charge in [0.1, 0.15) is 18.1 Å². The number of hydrogen-bond acceptors (Lipinski definition) is 6. The van der Waals surface area contributed by atoms with Crippen molar-refractivity contribution in [1.29, 1.82) is 0 Å². The number of para-hydroxylation sites is 1. The molecule has 3 rings (SSSR count). The number of carbonyl (C=O) groups is 3. The molecule has 1 aromatic carbocycles. The third-order valence-corrected chi connectivity index (χ3v) is 5.39. The molecule has 1 aromatic rings. The highest BCUT2D eigenvalue weighted by molar-refractivity contribution is 6.07. The standard InChI is InChI=1S/C21H25NO7/c1-10(23)14-16-12(9-29-20(28)21(2,3)4)15(11-7-5-6-8-13(11)24)17(19(26)27)22(16)18(14)25/h5-8,10,12,14,16,23-24H,9H2,1-4H3,(H,26,27)/t10-,12?,14-,16-/m1/s1. The van der Waals surface area contributed by atoms with Gasteiger partial charge < -0.3 is 25.0 Å². The summed E-state index contributed by atoms with van der Waals surface area (Å²) in [5.74, 6) is -3.94. The molecule has 1 fully saturated rings. The van der Waals surface area contributed by atoms with Gasteiger partial charge in [-0.15, -0.1) is 0 Å². The zero-order valence-corrected chi connectivity index (χ0v) is 16.7. The topological polar surface area (TPSA) is 124 Å². The van der Waals surface area contributed by atoms with Crippen molar-refractivity contribution in [3.8, 4) is 5.75 Å². The molecule has 2 aliphatic heterocycles. The van der Waals surface area contributed by atoms with Gasteiger partial charge in [-0.2, -0.15) is 0 Å². The van der Waals surface area contributed by atoms with Crippen LogP contribution in [0.15, 0.2) is 30.0 Å². The van der Waals surface area contributed by atoms with E-state index in [0.717, 1.165) is 4.90 Å². The molecule has 0 aliphatic carbocycles. The number of aliphatic carboxylic acids is 1. The van der Waals surface area contributed by atoms with Gasteiger partial charge in [0.15, 0.2) is 0 Å². The number of benzene rings is 1. The number of hydrogen-bond donors (Lipinski definition) is 3. The number of carboxylic acid groups (broad SMARTS) is 1. The number of aromatic hydroxyl groups is 1. The Bertz CT molecular complexity index is 897. The number of aliphatic hydroxyl groups is 1. The van der Waals surface area contributed by atoms with Crippen LogP contribution in [0.1, 0.15) is 33.3 Å². The third-order valence-electron chi connectivity index (χ3n) is 5.39. The van der Waals surface area contributed by atoms with E-state index >= 15 is 0 Å². The SMILES string of the molecule is C[C@@H](O)[C@H]1C(=O)N2C(C(=O)O)=C(c3ccccc3O)C(COC(=O)C(C)(C)C)[C@H]12. The van der Waals surface area contributed by atoms with Gasteiger partial charge in [-0.05, 0) is 33.8 Å². The van der Waals surface area contributed by atoms with E-state index in [9.17, 15) is 29.7 Å². The summed E-state index contributed by atoms with van der Waals surface area (Å²) in [5, 5.41) is 30.2. The van der Waals surface area contributed by atoms with Crippen molar-refractivity contribution in [2.45, 2.75) is 39.8 Å². The normalized spacial score (nSPS) is 24.8. The summed E-state index contributed by atoms with van der Waals surface area (Å²) in [5.41, 5.74) is -0.534. The van der Waals surface area contributed by atoms with Crippen LogP contribution >= 0.6 is 0 Å². The van der Waals surface area contributed by atoms with Crippen LogP contribution in [0.4, 0.5) is 0 Å². The Hall–Kier alpha value is -2.87. The second-order valence-corrected chi connectivity index (χ2v) is 8.50. The first kappa shape index (κ1) is 20.9. The van der Waals surface area contributed by atoms with Crippen LogP contribution in [0.25, 0.3) is 5.57 Å². The monoisotopic (exact) mass is 403 g/mol. The molecule has 4 atom stereocenters. The van der Waals surface area contributed by atoms with Crippen molar-refractivity contribution in [2.24, 2.45) is 17.3 Å². The van der Waals surface area contributed by atoms with Gasteiger partial charge in [0, 0.05) is 17.1 Å². The van der Waals surface area contributed by atoms with Crippen LogP contribution in [0, 0.1) is 17.3 Å². The molecular weight excluding hydrogens is 378 g/mol. The molecule has 8 heteroatoms. The minimum atomic E-state index is -1.32. The fourth-order valence-corrected chi connectivity index (χ4v) is 4.00. The van der Waals surface area contributed by atoms with Crippen LogP contribution in [-0.2, 0) is 19.1 Å². The molecule has 1 saturated heterocycles. The molecule has 0 aromatic heterocycles. The smallest absolute Gasteiger partial charge is 0.352 e. The number of amides is 1. The summed E-state index contributed by atoms with van der Waals surface area (Å²) < 4.78 is 5.46. The Balaban J connectivity index is 2.09. The molecular formula is C21H25NO7. The first-order chi connectivity index (χ1) is 13.5. The minimum absolute atomic E-state index is 0.142. The van der Waals surface area contributed by atoms with Crippen LogP contribution in [0.5, 0.6) is 5.75 Å². The Morgan fingerprint density at radius 2 is 1.86 bits per heavy atom. The molecule has 1 amide bonds. The van der Waals surface area contributed by atoms with Crippen molar-refractivity contribution in [3.63, 3.8) is 0 Å². The molecule has 3 N–H and O–H groups in total. The predicted molar refractivity (Wildman–Crippen MR) is 102 cm³/mol. The average molecular weight is 403 g/mol. The van der Waals surface area contributed by atoms with Crippen molar-refractivity contribution < 1.29 is 34.4 Å². The van der Waals surface area contributed by atoms with Crippen LogP contribution in [0.3, 0.4) is 0 Å². The summed E-state index contributed by atoms with van der Waals surface area (Å²) in [6.45, 7) is 6.39. The number of esters is 1. The summed E-state index contributed by atoms with van der Waals surface area (Å²) in [4.78, 5) is 38.1. The van der Waals surface area contributed by atoms with E-state index < -0.39 is 47.2 Å². The van der Waals surface area contributed by atoms with Gasteiger partial charge in [-0.3, -0.25) is 9.59 Å². The number of carboxylic acids is 1. The molecule has 0 bridgehead atoms. The summed E-state index contributed by atoms with van der Waals surface area (Å²) in [6, 6.07) is 5.55. The van der Waals surface area contributed by atoms with E-state index in [4.69, 9.17) is 4.74 Å². The van der Waals surface area contributed by atoms with Gasteiger partial charge in [0.2, 0.25) is 5.91 Å². The number of rotatable bonds is 5. The van der Waals surface area contributed by atoms with Crippen molar-refractivity contribution in [1.82, 2.24) is 4.90 Å². The maximum absolute atomic E-state index is 12.6. The number of phenolic OH excluding ortho intramolecular Hbond substituents is 1. The number of β-lactam (4-membered cyclic amide) rings is 1. The summed E-state index contributed by atoms with van der Waals surface area (Å²) >= 11 is 0. The molecule has 29 heavy (non-hydrogen) atoms. The van der Waals surface area contributed by atoms with Gasteiger partial charge >= 0.3 is 11.9 Å². The second-order valence-electron chi connectivity index (χ2n) is 8.50. The molecule has 0 spiro atoms. The van der Waals surface area contributed by atoms with Gasteiger partial charge in [0.25, 0.3) is 0 Å². The molecule has 0 saturated carbocycles. The predicted octanol–water partition coefficient (Wildman–Crippen LogP) is 1.61. The van der Waals surface area contributed by atoms with Crippen LogP contribution in [0.2, 0.25) is 0 Å². The lowest BCUT2D eigenvalue weighted by atomic mass is 9.76. The number of ether oxygens (including phenoxy) is 1. The highest BCUT2D eigenvalue weighted by atomic mass is 16.5. The highest BCUT2D eigenvalue weighted by Crippen LogP contribution is 2.52. The number of fused-ring (bicyclic) bond motifs is 1. The molecule has 1 unspecified atom stereocenters. The van der Waals surface area contributed by atoms with E-state index in [2.05, 4.69) is 0 Å². The Morgan fingerprint density at radius 1 is 1.24 bits per heavy atom. The lowest BCUT2D eigenvalue weighted by Crippen LogP contribution is -2.64. The van der Waals surface area contributed by atoms with Gasteiger partial charge in [0.05, 0.1) is 23.5 Å². The van der Waals surface area contributed by atoms with E-state index in [0.29, 0.717) is 0 Å². The van der Waals surface area contributed by atoms with Crippen LogP contribution in [-0.4, -0.2) is 56.8 Å². The number of phenols is 1. The lowest BCUT2D eigenvalue weighted by molar-refractivity contribution is -0.166. The summed E-state index contributed by atoms with van der Waals surface area (Å²) in [6.07, 6.45) is -0.997. The van der Waals surface area contributed by atoms with Crippen LogP contribution < -0.4 is 0 Å². The van der Waals surface area contributed by atoms with Crippen molar-refractivity contribution >= 4 is 23.4 Å². The van der Waals surface area contributed by atoms with Crippen molar-refractivity contribution in [3.05, 3.63) is 35.5 Å². The quantitative estimate of drug-likeness (QED) is 0.504. The van der Waals surface area contributed by atoms with E-state index in [1.165, 1.54) is 13.0 Å². The zero-order valence-electron chi connectivity index (χ0n) is 16.7. The highest BCUT2D eigenvalue weighted by Gasteiger charge is 2.61. The van der Waals surface area contributed by atoms with E-state index in [1.807, 2.05) is 0 Å². The number of nitrogens with zero attached hydrogens (tertiary/aromatic N) is 1. The Morgan fingerprint density at radius 3 is 2.38 bits per heavy atom. The maximum atomic E-state index is 12.6. The molecule has 2 heterocycles. The van der Waals surface area contributed by atoms with Gasteiger partial charge in [-0.25, -0.2) is 4.79 Å². The molecule has 156 valence electrons. The fraction of sp³-hybridized carbons (Fsp3) is 0.476. The first-order valence-electron chi connectivity index (χ1n) is 9.41. The summed E-state index contributed by atoms with van der Waals surface area (Å²) in [7, 11) is 0. The first-order valence-corrected chi connectivity index (χ1v) is 9.41. The largest absolute Gasteiger partial charge is 0.507 e. The second kappa shape index (κ2) is 7.18. The zero-order chi connectivity index (χ0) is 21.7. The minimum Gasteiger partial charge on any atom is -0.507 e. The third kappa shape index (κ3) is 3.37. The Kier molecular flexibility index (Phi) is 5.17. The lowest BCUT2D eigenvalue weighted by Gasteiger charge is -2.46. The molecule has 0 radical (unpaired) electrons. The van der Waals surface area contributed by atoms with Gasteiger partial charge in [-0.1, -0.05) is 18.2 Å². The van der Waals surface area contributed by atoms with Crippen molar-refractivity contribution in [2.75, 3.05) is 6.61 Å². The van der Waals surface area contributed by atoms with E-state index in [1.54, 1.807) is 39.0 Å².